The highest BCUT2D eigenvalue weighted by atomic mass is 19.1. The normalized spacial score (nSPS) is 15.1. The molecule has 1 N–H and O–H groups in total. The molecule has 1 fully saturated rings. The summed E-state index contributed by atoms with van der Waals surface area (Å²) in [5.41, 5.74) is 0.880. The van der Waals surface area contributed by atoms with Crippen molar-refractivity contribution >= 4 is 6.03 Å². The Kier molecular flexibility index (Phi) is 6.48. The van der Waals surface area contributed by atoms with Crippen LogP contribution in [0, 0.1) is 5.82 Å². The number of carbonyl (C=O) groups excluding carboxylic acids is 1. The number of benzene rings is 1. The molecule has 1 aliphatic carbocycles. The zero-order valence-electron chi connectivity index (χ0n) is 16.2. The van der Waals surface area contributed by atoms with Crippen molar-refractivity contribution in [1.82, 2.24) is 19.8 Å². The fourth-order valence-electron chi connectivity index (χ4n) is 3.71. The van der Waals surface area contributed by atoms with E-state index in [9.17, 15) is 9.18 Å². The molecule has 2 aromatic rings. The number of aromatic nitrogens is 2. The molecule has 0 atom stereocenters. The van der Waals surface area contributed by atoms with Gasteiger partial charge in [0, 0.05) is 31.0 Å². The molecule has 0 saturated heterocycles. The first-order chi connectivity index (χ1) is 13.0. The number of nitrogens with zero attached hydrogens (tertiary/aromatic N) is 3. The van der Waals surface area contributed by atoms with Crippen molar-refractivity contribution in [2.75, 3.05) is 0 Å². The van der Waals surface area contributed by atoms with Crippen molar-refractivity contribution in [3.05, 3.63) is 53.9 Å². The van der Waals surface area contributed by atoms with Gasteiger partial charge in [-0.3, -0.25) is 0 Å². The molecule has 1 heterocycles. The fraction of sp³-hybridized carbons (Fsp3) is 0.524. The van der Waals surface area contributed by atoms with Crippen molar-refractivity contribution < 1.29 is 9.18 Å². The zero-order valence-corrected chi connectivity index (χ0v) is 16.2. The summed E-state index contributed by atoms with van der Waals surface area (Å²) in [4.78, 5) is 19.2. The van der Waals surface area contributed by atoms with Crippen molar-refractivity contribution in [2.24, 2.45) is 0 Å². The van der Waals surface area contributed by atoms with Crippen LogP contribution >= 0.6 is 0 Å². The Morgan fingerprint density at radius 2 is 2.11 bits per heavy atom. The molecular formula is C21H29FN4O. The molecule has 0 aliphatic heterocycles. The van der Waals surface area contributed by atoms with Crippen LogP contribution in [-0.2, 0) is 13.1 Å². The van der Waals surface area contributed by atoms with E-state index in [1.807, 2.05) is 35.6 Å². The number of hydrogen-bond acceptors (Lipinski definition) is 2. The third-order valence-electron chi connectivity index (χ3n) is 5.04. The van der Waals surface area contributed by atoms with Crippen LogP contribution in [0.4, 0.5) is 9.18 Å². The number of nitrogens with one attached hydrogen (secondary N) is 1. The minimum absolute atomic E-state index is 0.0304. The molecule has 0 unspecified atom stereocenters. The van der Waals surface area contributed by atoms with E-state index in [0.717, 1.165) is 37.1 Å². The molecule has 27 heavy (non-hydrogen) atoms. The van der Waals surface area contributed by atoms with Crippen molar-refractivity contribution in [1.29, 1.82) is 0 Å². The van der Waals surface area contributed by atoms with Crippen LogP contribution in [0.5, 0.6) is 0 Å². The van der Waals surface area contributed by atoms with Gasteiger partial charge in [-0.2, -0.15) is 0 Å². The Balaban J connectivity index is 1.77. The van der Waals surface area contributed by atoms with Crippen molar-refractivity contribution in [3.8, 4) is 0 Å². The average Bonchev–Trinajstić information content (AvgIpc) is 3.06. The van der Waals surface area contributed by atoms with Gasteiger partial charge < -0.3 is 14.8 Å². The van der Waals surface area contributed by atoms with E-state index in [-0.39, 0.29) is 23.9 Å². The number of urea groups is 1. The fourth-order valence-corrected chi connectivity index (χ4v) is 3.71. The van der Waals surface area contributed by atoms with Crippen LogP contribution < -0.4 is 5.32 Å². The Morgan fingerprint density at radius 1 is 1.33 bits per heavy atom. The molecule has 6 heteroatoms. The summed E-state index contributed by atoms with van der Waals surface area (Å²) in [6, 6.07) is 6.90. The van der Waals surface area contributed by atoms with E-state index in [2.05, 4.69) is 10.3 Å². The predicted octanol–water partition coefficient (Wildman–Crippen LogP) is 4.32. The molecule has 2 amide bonds. The highest BCUT2D eigenvalue weighted by Crippen LogP contribution is 2.24. The third-order valence-corrected chi connectivity index (χ3v) is 5.04. The van der Waals surface area contributed by atoms with Crippen LogP contribution in [0.2, 0.25) is 0 Å². The Labute approximate surface area is 160 Å². The smallest absolute Gasteiger partial charge is 0.318 e. The monoisotopic (exact) mass is 372 g/mol. The maximum Gasteiger partial charge on any atom is 0.318 e. The quantitative estimate of drug-likeness (QED) is 0.821. The summed E-state index contributed by atoms with van der Waals surface area (Å²) in [5.74, 6) is 0.582. The molecule has 146 valence electrons. The summed E-state index contributed by atoms with van der Waals surface area (Å²) in [6.07, 6.45) is 9.27. The van der Waals surface area contributed by atoms with Gasteiger partial charge in [0.05, 0.1) is 6.54 Å². The van der Waals surface area contributed by atoms with E-state index in [1.165, 1.54) is 18.6 Å². The number of imidazole rings is 1. The van der Waals surface area contributed by atoms with Gasteiger partial charge >= 0.3 is 6.03 Å². The lowest BCUT2D eigenvalue weighted by Gasteiger charge is -2.34. The second kappa shape index (κ2) is 9.02. The zero-order chi connectivity index (χ0) is 19.2. The second-order valence-corrected chi connectivity index (χ2v) is 7.63. The van der Waals surface area contributed by atoms with Gasteiger partial charge in [-0.15, -0.1) is 0 Å². The van der Waals surface area contributed by atoms with Gasteiger partial charge in [0.1, 0.15) is 11.6 Å². The molecule has 3 rings (SSSR count). The summed E-state index contributed by atoms with van der Waals surface area (Å²) in [5, 5.41) is 3.03. The van der Waals surface area contributed by atoms with Gasteiger partial charge in [-0.1, -0.05) is 31.4 Å². The van der Waals surface area contributed by atoms with Crippen molar-refractivity contribution in [3.63, 3.8) is 0 Å². The van der Waals surface area contributed by atoms with Gasteiger partial charge in [0.15, 0.2) is 0 Å². The molecular weight excluding hydrogens is 343 g/mol. The Bertz CT molecular complexity index is 752. The number of carbonyl (C=O) groups is 1. The summed E-state index contributed by atoms with van der Waals surface area (Å²) in [7, 11) is 0. The molecule has 1 aromatic carbocycles. The van der Waals surface area contributed by atoms with E-state index in [1.54, 1.807) is 12.3 Å². The van der Waals surface area contributed by atoms with Crippen molar-refractivity contribution in [2.45, 2.75) is 71.1 Å². The van der Waals surface area contributed by atoms with Gasteiger partial charge in [0.2, 0.25) is 0 Å². The lowest BCUT2D eigenvalue weighted by molar-refractivity contribution is 0.146. The van der Waals surface area contributed by atoms with Gasteiger partial charge in [0.25, 0.3) is 0 Å². The second-order valence-electron chi connectivity index (χ2n) is 7.63. The van der Waals surface area contributed by atoms with Crippen LogP contribution in [0.3, 0.4) is 0 Å². The predicted molar refractivity (Wildman–Crippen MR) is 104 cm³/mol. The number of rotatable bonds is 6. The van der Waals surface area contributed by atoms with Crippen LogP contribution in [0.25, 0.3) is 0 Å². The standard InChI is InChI=1S/C21H29FN4O/c1-16(2)24-21(27)26(19-9-4-3-5-10-19)15-20-23-11-12-25(20)14-17-7-6-8-18(22)13-17/h6-8,11-13,16,19H,3-5,9-10,14-15H2,1-2H3,(H,24,27). The molecule has 1 aromatic heterocycles. The average molecular weight is 372 g/mol. The summed E-state index contributed by atoms with van der Waals surface area (Å²) >= 11 is 0. The highest BCUT2D eigenvalue weighted by molar-refractivity contribution is 5.74. The first-order valence-corrected chi connectivity index (χ1v) is 9.84. The molecule has 1 saturated carbocycles. The molecule has 0 spiro atoms. The van der Waals surface area contributed by atoms with E-state index in [0.29, 0.717) is 13.1 Å². The van der Waals surface area contributed by atoms with E-state index in [4.69, 9.17) is 0 Å². The maximum atomic E-state index is 13.5. The molecule has 1 aliphatic rings. The minimum Gasteiger partial charge on any atom is -0.336 e. The highest BCUT2D eigenvalue weighted by Gasteiger charge is 2.27. The molecule has 0 radical (unpaired) electrons. The lowest BCUT2D eigenvalue weighted by Crippen LogP contribution is -2.48. The number of hydrogen-bond donors (Lipinski definition) is 1. The largest absolute Gasteiger partial charge is 0.336 e. The first kappa shape index (κ1) is 19.4. The Morgan fingerprint density at radius 3 is 2.81 bits per heavy atom. The van der Waals surface area contributed by atoms with E-state index < -0.39 is 0 Å². The first-order valence-electron chi connectivity index (χ1n) is 9.84. The summed E-state index contributed by atoms with van der Waals surface area (Å²) in [6.45, 7) is 4.95. The Hall–Kier alpha value is -2.37. The lowest BCUT2D eigenvalue weighted by atomic mass is 9.94. The molecule has 5 nitrogen and oxygen atoms in total. The number of amides is 2. The van der Waals surface area contributed by atoms with Crippen LogP contribution in [0.1, 0.15) is 57.3 Å². The van der Waals surface area contributed by atoms with Crippen LogP contribution in [-0.4, -0.2) is 32.6 Å². The van der Waals surface area contributed by atoms with Gasteiger partial charge in [-0.25, -0.2) is 14.2 Å². The topological polar surface area (TPSA) is 50.2 Å². The third kappa shape index (κ3) is 5.31. The van der Waals surface area contributed by atoms with E-state index >= 15 is 0 Å². The summed E-state index contributed by atoms with van der Waals surface area (Å²) < 4.78 is 15.5. The number of halogens is 1. The van der Waals surface area contributed by atoms with Crippen LogP contribution in [0.15, 0.2) is 36.7 Å². The minimum atomic E-state index is -0.241. The molecule has 0 bridgehead atoms. The SMILES string of the molecule is CC(C)NC(=O)N(Cc1nccn1Cc1cccc(F)c1)C1CCCCC1. The maximum absolute atomic E-state index is 13.5. The van der Waals surface area contributed by atoms with Gasteiger partial charge in [-0.05, 0) is 44.4 Å².